The lowest BCUT2D eigenvalue weighted by Gasteiger charge is -2.25. The molecule has 1 rings (SSSR count). The third-order valence-corrected chi connectivity index (χ3v) is 3.64. The summed E-state index contributed by atoms with van der Waals surface area (Å²) >= 11 is 0. The molecule has 0 radical (unpaired) electrons. The van der Waals surface area contributed by atoms with E-state index in [4.69, 9.17) is 11.1 Å². The molecule has 0 saturated carbocycles. The molecule has 0 aliphatic heterocycles. The molecule has 1 unspecified atom stereocenters. The number of carbonyl (C=O) groups excluding carboxylic acids is 1. The zero-order chi connectivity index (χ0) is 15.8. The van der Waals surface area contributed by atoms with Crippen molar-refractivity contribution in [1.82, 2.24) is 10.3 Å². The van der Waals surface area contributed by atoms with Crippen LogP contribution in [0.3, 0.4) is 0 Å². The molecule has 0 heterocycles. The second-order valence-electron chi connectivity index (χ2n) is 5.44. The Morgan fingerprint density at radius 3 is 2.43 bits per heavy atom. The van der Waals surface area contributed by atoms with E-state index >= 15 is 0 Å². The van der Waals surface area contributed by atoms with E-state index in [2.05, 4.69) is 30.2 Å². The second-order valence-corrected chi connectivity index (χ2v) is 5.44. The highest BCUT2D eigenvalue weighted by atomic mass is 16.2. The first kappa shape index (κ1) is 17.2. The summed E-state index contributed by atoms with van der Waals surface area (Å²) in [5.41, 5.74) is 4.28. The average molecular weight is 288 g/mol. The van der Waals surface area contributed by atoms with Gasteiger partial charge in [0.1, 0.15) is 0 Å². The summed E-state index contributed by atoms with van der Waals surface area (Å²) in [5, 5.41) is 8.71. The highest BCUT2D eigenvalue weighted by molar-refractivity contribution is 5.82. The van der Waals surface area contributed by atoms with Gasteiger partial charge in [0.2, 0.25) is 5.91 Å². The van der Waals surface area contributed by atoms with Gasteiger partial charge in [0.05, 0.1) is 12.0 Å². The van der Waals surface area contributed by atoms with Crippen molar-refractivity contribution >= 4 is 5.91 Å². The Hall–Kier alpha value is -1.90. The number of rotatable bonds is 7. The molecule has 0 aliphatic carbocycles. The van der Waals surface area contributed by atoms with E-state index in [9.17, 15) is 4.79 Å². The molecule has 21 heavy (non-hydrogen) atoms. The molecule has 0 fully saturated rings. The summed E-state index contributed by atoms with van der Waals surface area (Å²) in [7, 11) is 0. The number of hydrogen-bond donors (Lipinski definition) is 2. The molecule has 114 valence electrons. The molecule has 0 aliphatic rings. The van der Waals surface area contributed by atoms with Gasteiger partial charge in [-0.3, -0.25) is 15.1 Å². The maximum Gasteiger partial charge on any atom is 0.241 e. The van der Waals surface area contributed by atoms with Crippen LogP contribution in [0.25, 0.3) is 0 Å². The molecule has 1 aromatic rings. The highest BCUT2D eigenvalue weighted by Gasteiger charge is 2.14. The Kier molecular flexibility index (Phi) is 6.86. The van der Waals surface area contributed by atoms with Gasteiger partial charge in [-0.1, -0.05) is 24.3 Å². The van der Waals surface area contributed by atoms with E-state index in [1.165, 1.54) is 5.56 Å². The van der Waals surface area contributed by atoms with Crippen LogP contribution in [0.15, 0.2) is 24.3 Å². The van der Waals surface area contributed by atoms with E-state index in [0.717, 1.165) is 18.7 Å². The summed E-state index contributed by atoms with van der Waals surface area (Å²) in [6.07, 6.45) is 0.532. The summed E-state index contributed by atoms with van der Waals surface area (Å²) in [6, 6.07) is 10.5. The largest absolute Gasteiger partial charge is 0.296 e. The Labute approximate surface area is 126 Å². The molecule has 0 spiro atoms. The van der Waals surface area contributed by atoms with Crippen LogP contribution < -0.4 is 11.3 Å². The third kappa shape index (κ3) is 5.18. The number of carbonyl (C=O) groups is 1. The first-order chi connectivity index (χ1) is 9.99. The fraction of sp³-hybridized carbons (Fsp3) is 0.500. The van der Waals surface area contributed by atoms with Crippen LogP contribution in [0.5, 0.6) is 0 Å². The summed E-state index contributed by atoms with van der Waals surface area (Å²) in [6.45, 7) is 7.64. The van der Waals surface area contributed by atoms with Crippen molar-refractivity contribution in [3.05, 3.63) is 35.4 Å². The summed E-state index contributed by atoms with van der Waals surface area (Å²) in [5.74, 6) is 4.70. The third-order valence-electron chi connectivity index (χ3n) is 3.64. The number of nitrogens with one attached hydrogen (secondary N) is 1. The van der Waals surface area contributed by atoms with Crippen LogP contribution in [-0.4, -0.2) is 23.4 Å². The minimum absolute atomic E-state index is 0.194. The Morgan fingerprint density at radius 1 is 1.33 bits per heavy atom. The lowest BCUT2D eigenvalue weighted by molar-refractivity contribution is -0.122. The molecular weight excluding hydrogens is 264 g/mol. The SMILES string of the molecule is CC(C(=O)NN)c1ccc(CN(CCC#N)C(C)C)cc1. The van der Waals surface area contributed by atoms with Crippen LogP contribution in [0.2, 0.25) is 0 Å². The summed E-state index contributed by atoms with van der Waals surface area (Å²) < 4.78 is 0. The van der Waals surface area contributed by atoms with Crippen molar-refractivity contribution < 1.29 is 4.79 Å². The van der Waals surface area contributed by atoms with Gasteiger partial charge in [0, 0.05) is 25.6 Å². The normalized spacial score (nSPS) is 12.2. The van der Waals surface area contributed by atoms with Crippen LogP contribution in [-0.2, 0) is 11.3 Å². The number of nitrogens with zero attached hydrogens (tertiary/aromatic N) is 2. The zero-order valence-corrected chi connectivity index (χ0v) is 13.0. The molecule has 0 saturated heterocycles. The minimum atomic E-state index is -0.260. The van der Waals surface area contributed by atoms with Gasteiger partial charge in [-0.25, -0.2) is 5.84 Å². The lowest BCUT2D eigenvalue weighted by Crippen LogP contribution is -2.33. The lowest BCUT2D eigenvalue weighted by atomic mass is 9.99. The molecule has 3 N–H and O–H groups in total. The predicted octanol–water partition coefficient (Wildman–Crippen LogP) is 1.90. The van der Waals surface area contributed by atoms with Crippen molar-refractivity contribution in [3.8, 4) is 6.07 Å². The average Bonchev–Trinajstić information content (AvgIpc) is 2.50. The fourth-order valence-electron chi connectivity index (χ4n) is 2.14. The Morgan fingerprint density at radius 2 is 1.95 bits per heavy atom. The molecule has 5 heteroatoms. The van der Waals surface area contributed by atoms with Gasteiger partial charge in [-0.15, -0.1) is 0 Å². The molecule has 1 aromatic carbocycles. The highest BCUT2D eigenvalue weighted by Crippen LogP contribution is 2.17. The molecule has 5 nitrogen and oxygen atoms in total. The monoisotopic (exact) mass is 288 g/mol. The number of nitriles is 1. The fourth-order valence-corrected chi connectivity index (χ4v) is 2.14. The number of nitrogens with two attached hydrogens (primary N) is 1. The van der Waals surface area contributed by atoms with Gasteiger partial charge in [-0.05, 0) is 31.9 Å². The standard InChI is InChI=1S/C16H24N4O/c1-12(2)20(10-4-9-17)11-14-5-7-15(8-6-14)13(3)16(21)19-18/h5-8,12-13H,4,10-11,18H2,1-3H3,(H,19,21). The number of hydrogen-bond acceptors (Lipinski definition) is 4. The maximum absolute atomic E-state index is 11.5. The number of amides is 1. The zero-order valence-electron chi connectivity index (χ0n) is 13.0. The molecular formula is C16H24N4O. The van der Waals surface area contributed by atoms with Crippen LogP contribution in [0.1, 0.15) is 44.2 Å². The topological polar surface area (TPSA) is 82.2 Å². The van der Waals surface area contributed by atoms with E-state index in [1.807, 2.05) is 31.2 Å². The van der Waals surface area contributed by atoms with Crippen molar-refractivity contribution in [2.24, 2.45) is 5.84 Å². The van der Waals surface area contributed by atoms with Gasteiger partial charge in [0.15, 0.2) is 0 Å². The quantitative estimate of drug-likeness (QED) is 0.456. The van der Waals surface area contributed by atoms with Crippen molar-refractivity contribution in [2.75, 3.05) is 6.54 Å². The van der Waals surface area contributed by atoms with Crippen molar-refractivity contribution in [3.63, 3.8) is 0 Å². The minimum Gasteiger partial charge on any atom is -0.296 e. The molecule has 1 atom stereocenters. The van der Waals surface area contributed by atoms with Gasteiger partial charge in [-0.2, -0.15) is 5.26 Å². The second kappa shape index (κ2) is 8.40. The Bertz CT molecular complexity index is 490. The molecule has 1 amide bonds. The Balaban J connectivity index is 2.73. The first-order valence-corrected chi connectivity index (χ1v) is 7.19. The van der Waals surface area contributed by atoms with E-state index in [-0.39, 0.29) is 11.8 Å². The van der Waals surface area contributed by atoms with Crippen molar-refractivity contribution in [2.45, 2.75) is 45.7 Å². The molecule has 0 bridgehead atoms. The van der Waals surface area contributed by atoms with E-state index in [1.54, 1.807) is 0 Å². The van der Waals surface area contributed by atoms with Gasteiger partial charge < -0.3 is 0 Å². The van der Waals surface area contributed by atoms with E-state index < -0.39 is 0 Å². The number of hydrazine groups is 1. The van der Waals surface area contributed by atoms with Crippen LogP contribution in [0, 0.1) is 11.3 Å². The summed E-state index contributed by atoms with van der Waals surface area (Å²) in [4.78, 5) is 13.8. The smallest absolute Gasteiger partial charge is 0.241 e. The van der Waals surface area contributed by atoms with Crippen LogP contribution >= 0.6 is 0 Å². The van der Waals surface area contributed by atoms with E-state index in [0.29, 0.717) is 12.5 Å². The first-order valence-electron chi connectivity index (χ1n) is 7.19. The maximum atomic E-state index is 11.5. The van der Waals surface area contributed by atoms with Gasteiger partial charge >= 0.3 is 0 Å². The number of benzene rings is 1. The van der Waals surface area contributed by atoms with Crippen LogP contribution in [0.4, 0.5) is 0 Å². The predicted molar refractivity (Wildman–Crippen MR) is 83.0 cm³/mol. The van der Waals surface area contributed by atoms with Gasteiger partial charge in [0.25, 0.3) is 0 Å². The molecule has 0 aromatic heterocycles. The van der Waals surface area contributed by atoms with Crippen molar-refractivity contribution in [1.29, 1.82) is 5.26 Å².